The van der Waals surface area contributed by atoms with Crippen LogP contribution in [0.15, 0.2) is 54.0 Å². The first-order valence-corrected chi connectivity index (χ1v) is 12.1. The molecule has 0 unspecified atom stereocenters. The fourth-order valence-electron chi connectivity index (χ4n) is 3.81. The summed E-state index contributed by atoms with van der Waals surface area (Å²) < 4.78 is 12.7. The van der Waals surface area contributed by atoms with Crippen molar-refractivity contribution in [3.8, 4) is 10.6 Å². The van der Waals surface area contributed by atoms with E-state index < -0.39 is 23.8 Å². The summed E-state index contributed by atoms with van der Waals surface area (Å²) in [5, 5.41) is 13.5. The van der Waals surface area contributed by atoms with E-state index >= 15 is 0 Å². The lowest BCUT2D eigenvalue weighted by Crippen LogP contribution is -2.55. The minimum absolute atomic E-state index is 0.188. The molecule has 1 aromatic carbocycles. The van der Waals surface area contributed by atoms with E-state index in [1.54, 1.807) is 20.9 Å². The lowest BCUT2D eigenvalue weighted by molar-refractivity contribution is 0.0393. The van der Waals surface area contributed by atoms with Crippen molar-refractivity contribution in [2.24, 2.45) is 0 Å². The lowest BCUT2D eigenvalue weighted by Gasteiger charge is -2.38. The van der Waals surface area contributed by atoms with E-state index in [4.69, 9.17) is 9.47 Å². The second kappa shape index (κ2) is 10.3. The number of hydrogen-bond donors (Lipinski definition) is 1. The Morgan fingerprint density at radius 3 is 2.68 bits per heavy atom. The van der Waals surface area contributed by atoms with Crippen LogP contribution in [0, 0.1) is 0 Å². The van der Waals surface area contributed by atoms with Crippen LogP contribution in [-0.2, 0) is 16.1 Å². The van der Waals surface area contributed by atoms with Crippen LogP contribution >= 0.6 is 11.3 Å². The van der Waals surface area contributed by atoms with Crippen LogP contribution in [0.2, 0.25) is 0 Å². The molecule has 4 rings (SSSR count). The predicted molar refractivity (Wildman–Crippen MR) is 128 cm³/mol. The Labute approximate surface area is 202 Å². The zero-order valence-electron chi connectivity index (χ0n) is 19.5. The van der Waals surface area contributed by atoms with Gasteiger partial charge in [-0.1, -0.05) is 41.6 Å². The molecule has 1 saturated heterocycles. The first-order valence-electron chi connectivity index (χ1n) is 11.2. The van der Waals surface area contributed by atoms with Gasteiger partial charge < -0.3 is 19.7 Å². The number of piperidine rings is 1. The van der Waals surface area contributed by atoms with Crippen LogP contribution < -0.4 is 5.32 Å². The maximum absolute atomic E-state index is 12.8. The largest absolute Gasteiger partial charge is 0.445 e. The molecule has 1 fully saturated rings. The molecule has 0 saturated carbocycles. The number of amides is 2. The van der Waals surface area contributed by atoms with Gasteiger partial charge in [0.05, 0.1) is 23.2 Å². The van der Waals surface area contributed by atoms with Gasteiger partial charge in [-0.15, -0.1) is 16.4 Å². The van der Waals surface area contributed by atoms with Crippen molar-refractivity contribution >= 4 is 23.5 Å². The predicted octanol–water partition coefficient (Wildman–Crippen LogP) is 4.48. The van der Waals surface area contributed by atoms with Gasteiger partial charge in [0.25, 0.3) is 0 Å². The van der Waals surface area contributed by atoms with Crippen molar-refractivity contribution in [3.63, 3.8) is 0 Å². The summed E-state index contributed by atoms with van der Waals surface area (Å²) in [6.07, 6.45) is 1.49. The van der Waals surface area contributed by atoms with Gasteiger partial charge in [-0.05, 0) is 44.2 Å². The molecule has 180 valence electrons. The molecule has 2 aromatic heterocycles. The number of rotatable bonds is 5. The van der Waals surface area contributed by atoms with Crippen molar-refractivity contribution in [3.05, 3.63) is 59.6 Å². The lowest BCUT2D eigenvalue weighted by atomic mass is 9.99. The molecule has 0 radical (unpaired) electrons. The highest BCUT2D eigenvalue weighted by atomic mass is 32.1. The zero-order valence-corrected chi connectivity index (χ0v) is 20.3. The summed E-state index contributed by atoms with van der Waals surface area (Å²) in [6.45, 7) is 6.36. The maximum Gasteiger partial charge on any atom is 0.410 e. The van der Waals surface area contributed by atoms with E-state index in [0.29, 0.717) is 13.0 Å². The van der Waals surface area contributed by atoms with Crippen molar-refractivity contribution < 1.29 is 19.1 Å². The van der Waals surface area contributed by atoms with E-state index in [1.165, 1.54) is 0 Å². The number of carbonyl (C=O) groups is 2. The zero-order chi connectivity index (χ0) is 24.1. The number of aromatic nitrogens is 3. The van der Waals surface area contributed by atoms with Gasteiger partial charge in [0.15, 0.2) is 0 Å². The van der Waals surface area contributed by atoms with E-state index in [2.05, 4.69) is 15.6 Å². The van der Waals surface area contributed by atoms with Crippen molar-refractivity contribution in [1.29, 1.82) is 0 Å². The minimum atomic E-state index is -0.637. The van der Waals surface area contributed by atoms with Gasteiger partial charge in [-0.2, -0.15) is 0 Å². The van der Waals surface area contributed by atoms with Gasteiger partial charge >= 0.3 is 12.2 Å². The molecule has 34 heavy (non-hydrogen) atoms. The molecule has 3 aromatic rings. The van der Waals surface area contributed by atoms with Gasteiger partial charge in [0.2, 0.25) is 0 Å². The van der Waals surface area contributed by atoms with Crippen molar-refractivity contribution in [1.82, 2.24) is 25.2 Å². The SMILES string of the molecule is CC(C)(C)OC(=O)N[C@H]1CN(C(=O)OCc2ccccc2)CC[C@@H]1n1cc(-c2cccs2)nn1. The number of likely N-dealkylation sites (tertiary alicyclic amines) is 1. The number of nitrogens with one attached hydrogen (secondary N) is 1. The Kier molecular flexibility index (Phi) is 7.16. The van der Waals surface area contributed by atoms with Crippen LogP contribution in [0.4, 0.5) is 9.59 Å². The molecular weight excluding hydrogens is 454 g/mol. The van der Waals surface area contributed by atoms with Gasteiger partial charge in [-0.25, -0.2) is 14.3 Å². The normalized spacial score (nSPS) is 18.4. The van der Waals surface area contributed by atoms with E-state index in [0.717, 1.165) is 16.1 Å². The van der Waals surface area contributed by atoms with Crippen LogP contribution in [0.5, 0.6) is 0 Å². The van der Waals surface area contributed by atoms with Crippen molar-refractivity contribution in [2.45, 2.75) is 51.5 Å². The monoisotopic (exact) mass is 483 g/mol. The second-order valence-corrected chi connectivity index (χ2v) is 10.1. The average molecular weight is 484 g/mol. The van der Waals surface area contributed by atoms with Gasteiger partial charge in [0.1, 0.15) is 17.9 Å². The molecule has 0 spiro atoms. The molecule has 0 bridgehead atoms. The highest BCUT2D eigenvalue weighted by Gasteiger charge is 2.36. The summed E-state index contributed by atoms with van der Waals surface area (Å²) in [7, 11) is 0. The Morgan fingerprint density at radius 1 is 1.18 bits per heavy atom. The van der Waals surface area contributed by atoms with Gasteiger partial charge in [-0.3, -0.25) is 0 Å². The molecule has 9 nitrogen and oxygen atoms in total. The summed E-state index contributed by atoms with van der Waals surface area (Å²) in [4.78, 5) is 28.0. The number of carbonyl (C=O) groups excluding carboxylic acids is 2. The number of thiophene rings is 1. The molecule has 1 N–H and O–H groups in total. The average Bonchev–Trinajstić information content (AvgIpc) is 3.49. The second-order valence-electron chi connectivity index (χ2n) is 9.16. The Balaban J connectivity index is 1.46. The maximum atomic E-state index is 12.8. The van der Waals surface area contributed by atoms with Crippen LogP contribution in [-0.4, -0.2) is 56.8 Å². The highest BCUT2D eigenvalue weighted by molar-refractivity contribution is 7.13. The van der Waals surface area contributed by atoms with E-state index in [9.17, 15) is 9.59 Å². The molecule has 0 aliphatic carbocycles. The molecule has 2 amide bonds. The number of benzene rings is 1. The first-order chi connectivity index (χ1) is 16.3. The highest BCUT2D eigenvalue weighted by Crippen LogP contribution is 2.27. The molecule has 1 aliphatic heterocycles. The Hall–Kier alpha value is -3.40. The minimum Gasteiger partial charge on any atom is -0.445 e. The number of alkyl carbamates (subject to hydrolysis) is 1. The third-order valence-electron chi connectivity index (χ3n) is 5.37. The Morgan fingerprint density at radius 2 is 1.97 bits per heavy atom. The summed E-state index contributed by atoms with van der Waals surface area (Å²) in [6, 6.07) is 12.9. The first kappa shape index (κ1) is 23.7. The number of nitrogens with zero attached hydrogens (tertiary/aromatic N) is 4. The van der Waals surface area contributed by atoms with Gasteiger partial charge in [0, 0.05) is 13.1 Å². The summed E-state index contributed by atoms with van der Waals surface area (Å²) in [5.41, 5.74) is 1.05. The quantitative estimate of drug-likeness (QED) is 0.574. The van der Waals surface area contributed by atoms with Crippen LogP contribution in [0.25, 0.3) is 10.6 Å². The van der Waals surface area contributed by atoms with Crippen LogP contribution in [0.1, 0.15) is 38.8 Å². The third kappa shape index (κ3) is 6.13. The molecule has 3 heterocycles. The number of ether oxygens (including phenoxy) is 2. The molecule has 10 heteroatoms. The third-order valence-corrected chi connectivity index (χ3v) is 6.26. The number of hydrogen-bond acceptors (Lipinski definition) is 7. The molecular formula is C24H29N5O4S. The van der Waals surface area contributed by atoms with Crippen molar-refractivity contribution in [2.75, 3.05) is 13.1 Å². The summed E-state index contributed by atoms with van der Waals surface area (Å²) >= 11 is 1.59. The Bertz CT molecular complexity index is 1090. The summed E-state index contributed by atoms with van der Waals surface area (Å²) in [5.74, 6) is 0. The fraction of sp³-hybridized carbons (Fsp3) is 0.417. The topological polar surface area (TPSA) is 98.6 Å². The van der Waals surface area contributed by atoms with E-state index in [-0.39, 0.29) is 19.2 Å². The van der Waals surface area contributed by atoms with Crippen LogP contribution in [0.3, 0.4) is 0 Å². The fourth-order valence-corrected chi connectivity index (χ4v) is 4.48. The van der Waals surface area contributed by atoms with E-state index in [1.807, 2.05) is 74.8 Å². The molecule has 2 atom stereocenters. The standard InChI is InChI=1S/C24H29N5O4S/c1-24(2,3)33-22(30)25-18-14-28(23(31)32-16-17-8-5-4-6-9-17)12-11-20(18)29-15-19(26-27-29)21-10-7-13-34-21/h4-10,13,15,18,20H,11-12,14,16H2,1-3H3,(H,25,30)/t18-,20-/m0/s1. The smallest absolute Gasteiger partial charge is 0.410 e. The molecule has 1 aliphatic rings.